The van der Waals surface area contributed by atoms with Crippen molar-refractivity contribution >= 4 is 11.9 Å². The van der Waals surface area contributed by atoms with Crippen LogP contribution in [0.1, 0.15) is 33.1 Å². The molecule has 4 saturated heterocycles. The number of carbonyl (C=O) groups excluding carboxylic acids is 2. The van der Waals surface area contributed by atoms with Gasteiger partial charge in [0, 0.05) is 43.9 Å². The Hall–Kier alpha value is -1.44. The number of esters is 2. The van der Waals surface area contributed by atoms with Crippen molar-refractivity contribution in [3.63, 3.8) is 0 Å². The predicted molar refractivity (Wildman–Crippen MR) is 86.9 cm³/mol. The summed E-state index contributed by atoms with van der Waals surface area (Å²) in [6, 6.07) is 0. The first-order valence-corrected chi connectivity index (χ1v) is 9.41. The Bertz CT molecular complexity index is 687. The Morgan fingerprint density at radius 1 is 1.15 bits per heavy atom. The molecule has 0 aromatic heterocycles. The summed E-state index contributed by atoms with van der Waals surface area (Å²) < 4.78 is 23.3. The molecular weight excluding hydrogens is 340 g/mol. The SMILES string of the molecule is CC(=O)O[C@@H]1C[C@H]2O[C@@H]1C1=CC[C@]3(CO)[C@H]([C@@H]12)[C@H]1C[C@@H](OC(C)=O)[C@@H]3O1. The molecule has 5 rings (SSSR count). The maximum Gasteiger partial charge on any atom is 0.303 e. The Balaban J connectivity index is 1.45. The molecule has 0 radical (unpaired) electrons. The molecule has 0 spiro atoms. The monoisotopic (exact) mass is 364 g/mol. The third kappa shape index (κ3) is 2.05. The third-order valence-corrected chi connectivity index (χ3v) is 7.03. The van der Waals surface area contributed by atoms with Crippen molar-refractivity contribution in [1.29, 1.82) is 0 Å². The van der Waals surface area contributed by atoms with Gasteiger partial charge >= 0.3 is 11.9 Å². The number of aliphatic hydroxyl groups excluding tert-OH is 1. The molecule has 142 valence electrons. The van der Waals surface area contributed by atoms with Crippen molar-refractivity contribution in [1.82, 2.24) is 0 Å². The van der Waals surface area contributed by atoms with E-state index in [1.807, 2.05) is 0 Å². The van der Waals surface area contributed by atoms with E-state index in [1.165, 1.54) is 19.4 Å². The van der Waals surface area contributed by atoms with Crippen molar-refractivity contribution in [2.75, 3.05) is 6.61 Å². The fourth-order valence-corrected chi connectivity index (χ4v) is 6.34. The number of rotatable bonds is 3. The molecule has 26 heavy (non-hydrogen) atoms. The zero-order chi connectivity index (χ0) is 18.2. The average Bonchev–Trinajstić information content (AvgIpc) is 3.31. The maximum absolute atomic E-state index is 11.4. The zero-order valence-electron chi connectivity index (χ0n) is 14.9. The van der Waals surface area contributed by atoms with Crippen molar-refractivity contribution in [2.45, 2.75) is 69.7 Å². The molecule has 0 aromatic carbocycles. The van der Waals surface area contributed by atoms with E-state index in [-0.39, 0.29) is 67.0 Å². The predicted octanol–water partition coefficient (Wildman–Crippen LogP) is 0.733. The quantitative estimate of drug-likeness (QED) is 0.583. The van der Waals surface area contributed by atoms with Crippen LogP contribution in [0.4, 0.5) is 0 Å². The highest BCUT2D eigenvalue weighted by Crippen LogP contribution is 2.64. The van der Waals surface area contributed by atoms with Crippen LogP contribution in [-0.4, -0.2) is 60.3 Å². The lowest BCUT2D eigenvalue weighted by Gasteiger charge is -2.49. The number of hydrogen-bond acceptors (Lipinski definition) is 7. The maximum atomic E-state index is 11.4. The molecule has 7 nitrogen and oxygen atoms in total. The summed E-state index contributed by atoms with van der Waals surface area (Å²) in [5, 5.41) is 10.3. The molecule has 4 fully saturated rings. The Morgan fingerprint density at radius 3 is 2.54 bits per heavy atom. The first-order valence-electron chi connectivity index (χ1n) is 9.41. The summed E-state index contributed by atoms with van der Waals surface area (Å²) in [5.74, 6) is -0.259. The van der Waals surface area contributed by atoms with Crippen LogP contribution in [-0.2, 0) is 28.5 Å². The van der Waals surface area contributed by atoms with Crippen molar-refractivity contribution in [2.24, 2.45) is 17.3 Å². The van der Waals surface area contributed by atoms with Crippen LogP contribution in [0.2, 0.25) is 0 Å². The molecule has 1 N–H and O–H groups in total. The standard InChI is InChI=1S/C19H24O7/c1-8(21)23-13-5-11-15-10(17(13)25-11)3-4-19(7-20)16(15)12-6-14(18(19)26-12)24-9(2)22/h3,11-18,20H,4-7H2,1-2H3/t11-,12-,13-,14-,15+,16+,17-,18+,19+/m1/s1. The van der Waals surface area contributed by atoms with Crippen molar-refractivity contribution in [3.8, 4) is 0 Å². The summed E-state index contributed by atoms with van der Waals surface area (Å²) >= 11 is 0. The fourth-order valence-electron chi connectivity index (χ4n) is 6.34. The topological polar surface area (TPSA) is 91.3 Å². The van der Waals surface area contributed by atoms with E-state index in [2.05, 4.69) is 6.08 Å². The van der Waals surface area contributed by atoms with Crippen LogP contribution in [0.25, 0.3) is 0 Å². The first-order chi connectivity index (χ1) is 12.4. The van der Waals surface area contributed by atoms with Crippen LogP contribution in [0.5, 0.6) is 0 Å². The number of carbonyl (C=O) groups is 2. The largest absolute Gasteiger partial charge is 0.460 e. The van der Waals surface area contributed by atoms with Gasteiger partial charge in [0.2, 0.25) is 0 Å². The normalized spacial score (nSPS) is 50.2. The van der Waals surface area contributed by atoms with E-state index in [1.54, 1.807) is 0 Å². The lowest BCUT2D eigenvalue weighted by atomic mass is 9.53. The second-order valence-corrected chi connectivity index (χ2v) is 8.31. The molecule has 5 aliphatic rings. The van der Waals surface area contributed by atoms with Gasteiger partial charge < -0.3 is 24.1 Å². The average molecular weight is 364 g/mol. The minimum atomic E-state index is -0.429. The van der Waals surface area contributed by atoms with Gasteiger partial charge in [-0.05, 0) is 12.0 Å². The third-order valence-electron chi connectivity index (χ3n) is 7.03. The molecule has 0 saturated carbocycles. The van der Waals surface area contributed by atoms with E-state index in [4.69, 9.17) is 18.9 Å². The van der Waals surface area contributed by atoms with Crippen molar-refractivity contribution in [3.05, 3.63) is 11.6 Å². The molecule has 0 aromatic rings. The van der Waals surface area contributed by atoms with E-state index >= 15 is 0 Å². The number of hydrogen-bond donors (Lipinski definition) is 1. The van der Waals surface area contributed by atoms with E-state index in [9.17, 15) is 14.7 Å². The van der Waals surface area contributed by atoms with Gasteiger partial charge in [0.05, 0.1) is 18.8 Å². The van der Waals surface area contributed by atoms with Crippen LogP contribution >= 0.6 is 0 Å². The molecule has 9 atom stereocenters. The summed E-state index contributed by atoms with van der Waals surface area (Å²) in [5.41, 5.74) is 0.767. The van der Waals surface area contributed by atoms with Gasteiger partial charge in [-0.2, -0.15) is 0 Å². The number of aliphatic hydroxyl groups is 1. The fraction of sp³-hybridized carbons (Fsp3) is 0.789. The molecule has 0 amide bonds. The van der Waals surface area contributed by atoms with Crippen LogP contribution in [0, 0.1) is 17.3 Å². The highest BCUT2D eigenvalue weighted by atomic mass is 16.6. The van der Waals surface area contributed by atoms with Crippen LogP contribution in [0.15, 0.2) is 11.6 Å². The molecule has 1 aliphatic carbocycles. The molecule has 0 unspecified atom stereocenters. The van der Waals surface area contributed by atoms with Gasteiger partial charge in [-0.25, -0.2) is 0 Å². The van der Waals surface area contributed by atoms with Gasteiger partial charge in [-0.15, -0.1) is 0 Å². The van der Waals surface area contributed by atoms with Gasteiger partial charge in [0.25, 0.3) is 0 Å². The Morgan fingerprint density at radius 2 is 1.85 bits per heavy atom. The Kier molecular flexibility index (Phi) is 3.56. The van der Waals surface area contributed by atoms with Crippen LogP contribution < -0.4 is 0 Å². The zero-order valence-corrected chi connectivity index (χ0v) is 14.9. The summed E-state index contributed by atoms with van der Waals surface area (Å²) in [4.78, 5) is 22.8. The molecule has 7 heteroatoms. The second-order valence-electron chi connectivity index (χ2n) is 8.31. The molecule has 4 aliphatic heterocycles. The minimum Gasteiger partial charge on any atom is -0.460 e. The van der Waals surface area contributed by atoms with E-state index < -0.39 is 5.41 Å². The lowest BCUT2D eigenvalue weighted by molar-refractivity contribution is -0.155. The van der Waals surface area contributed by atoms with E-state index in [0.717, 1.165) is 0 Å². The summed E-state index contributed by atoms with van der Waals surface area (Å²) in [6.07, 6.45) is 3.17. The minimum absolute atomic E-state index is 0.00163. The molecule has 4 heterocycles. The van der Waals surface area contributed by atoms with Gasteiger partial charge in [-0.3, -0.25) is 9.59 Å². The van der Waals surface area contributed by atoms with Crippen LogP contribution in [0.3, 0.4) is 0 Å². The smallest absolute Gasteiger partial charge is 0.303 e. The number of allylic oxidation sites excluding steroid dienone is 1. The number of fused-ring (bicyclic) bond motifs is 11. The second kappa shape index (κ2) is 5.53. The van der Waals surface area contributed by atoms with Gasteiger partial charge in [0.15, 0.2) is 0 Å². The molecule has 4 bridgehead atoms. The van der Waals surface area contributed by atoms with Gasteiger partial charge in [0.1, 0.15) is 24.4 Å². The molecular formula is C19H24O7. The highest BCUT2D eigenvalue weighted by molar-refractivity contribution is 5.66. The summed E-state index contributed by atoms with van der Waals surface area (Å²) in [6.45, 7) is 2.84. The first kappa shape index (κ1) is 16.7. The van der Waals surface area contributed by atoms with Gasteiger partial charge in [-0.1, -0.05) is 6.08 Å². The van der Waals surface area contributed by atoms with Crippen molar-refractivity contribution < 1.29 is 33.6 Å². The highest BCUT2D eigenvalue weighted by Gasteiger charge is 2.71. The van der Waals surface area contributed by atoms with E-state index in [0.29, 0.717) is 19.3 Å². The lowest BCUT2D eigenvalue weighted by Crippen LogP contribution is -2.56. The number of ether oxygens (including phenoxy) is 4. The summed E-state index contributed by atoms with van der Waals surface area (Å²) in [7, 11) is 0. The Labute approximate surface area is 151 Å².